The van der Waals surface area contributed by atoms with Gasteiger partial charge < -0.3 is 15.7 Å². The summed E-state index contributed by atoms with van der Waals surface area (Å²) in [7, 11) is 1.78. The lowest BCUT2D eigenvalue weighted by Crippen LogP contribution is -2.37. The number of carbonyl (C=O) groups excluding carboxylic acids is 1. The fourth-order valence-electron chi connectivity index (χ4n) is 1.88. The predicted octanol–water partition coefficient (Wildman–Crippen LogP) is -0.987. The summed E-state index contributed by atoms with van der Waals surface area (Å²) in [5.41, 5.74) is 6.55. The van der Waals surface area contributed by atoms with Gasteiger partial charge in [-0.05, 0) is 6.42 Å². The molecule has 1 amide bonds. The van der Waals surface area contributed by atoms with Crippen molar-refractivity contribution in [2.45, 2.75) is 18.6 Å². The summed E-state index contributed by atoms with van der Waals surface area (Å²) in [5, 5.41) is 13.3. The van der Waals surface area contributed by atoms with Gasteiger partial charge in [0.2, 0.25) is 5.91 Å². The number of hydrogen-bond acceptors (Lipinski definition) is 4. The largest absolute Gasteiger partial charge is 0.391 e. The minimum absolute atomic E-state index is 0.149. The van der Waals surface area contributed by atoms with Gasteiger partial charge in [-0.2, -0.15) is 5.10 Å². The van der Waals surface area contributed by atoms with Crippen molar-refractivity contribution < 1.29 is 9.90 Å². The first-order valence-corrected chi connectivity index (χ1v) is 5.29. The van der Waals surface area contributed by atoms with Crippen LogP contribution in [0, 0.1) is 0 Å². The van der Waals surface area contributed by atoms with E-state index in [1.54, 1.807) is 29.0 Å². The molecular weight excluding hydrogens is 208 g/mol. The molecule has 1 unspecified atom stereocenters. The Hall–Kier alpha value is -1.40. The highest BCUT2D eigenvalue weighted by Crippen LogP contribution is 2.16. The molecule has 6 nitrogen and oxygen atoms in total. The van der Waals surface area contributed by atoms with E-state index < -0.39 is 12.1 Å². The molecule has 2 rings (SSSR count). The maximum Gasteiger partial charge on any atom is 0.244 e. The summed E-state index contributed by atoms with van der Waals surface area (Å²) in [6.07, 6.45) is 3.54. The number of aliphatic hydroxyl groups is 1. The number of likely N-dealkylation sites (tertiary alicyclic amines) is 1. The molecular formula is C10H16N4O2. The molecule has 1 aromatic rings. The first-order valence-electron chi connectivity index (χ1n) is 5.29. The van der Waals surface area contributed by atoms with Gasteiger partial charge in [-0.25, -0.2) is 0 Å². The fraction of sp³-hybridized carbons (Fsp3) is 0.600. The molecule has 1 aliphatic rings. The lowest BCUT2D eigenvalue weighted by Gasteiger charge is -2.19. The Morgan fingerprint density at radius 1 is 1.75 bits per heavy atom. The normalized spacial score (nSPS) is 22.4. The molecule has 0 saturated carbocycles. The topological polar surface area (TPSA) is 84.4 Å². The monoisotopic (exact) mass is 224 g/mol. The number of aliphatic hydroxyl groups excluding tert-OH is 1. The molecule has 3 N–H and O–H groups in total. The molecule has 2 atom stereocenters. The number of carbonyl (C=O) groups is 1. The number of aryl methyl sites for hydroxylation is 1. The van der Waals surface area contributed by atoms with Crippen LogP contribution in [0.1, 0.15) is 18.0 Å². The SMILES string of the molecule is Cn1cc(C(N)C(=O)N2CC[C@@H](O)C2)cn1. The van der Waals surface area contributed by atoms with E-state index in [9.17, 15) is 9.90 Å². The molecule has 0 bridgehead atoms. The van der Waals surface area contributed by atoms with Crippen LogP contribution in [-0.2, 0) is 11.8 Å². The van der Waals surface area contributed by atoms with Crippen molar-refractivity contribution in [1.29, 1.82) is 0 Å². The van der Waals surface area contributed by atoms with E-state index in [2.05, 4.69) is 5.10 Å². The highest BCUT2D eigenvalue weighted by atomic mass is 16.3. The first-order chi connectivity index (χ1) is 7.58. The Balaban J connectivity index is 2.04. The van der Waals surface area contributed by atoms with Crippen LogP contribution in [0.3, 0.4) is 0 Å². The number of aromatic nitrogens is 2. The van der Waals surface area contributed by atoms with Gasteiger partial charge in [-0.1, -0.05) is 0 Å². The average molecular weight is 224 g/mol. The Morgan fingerprint density at radius 2 is 2.50 bits per heavy atom. The molecule has 6 heteroatoms. The Morgan fingerprint density at radius 3 is 3.00 bits per heavy atom. The minimum Gasteiger partial charge on any atom is -0.391 e. The maximum absolute atomic E-state index is 12.0. The van der Waals surface area contributed by atoms with Crippen LogP contribution in [-0.4, -0.2) is 44.9 Å². The molecule has 1 aromatic heterocycles. The van der Waals surface area contributed by atoms with Gasteiger partial charge in [0, 0.05) is 31.9 Å². The van der Waals surface area contributed by atoms with Crippen molar-refractivity contribution >= 4 is 5.91 Å². The lowest BCUT2D eigenvalue weighted by molar-refractivity contribution is -0.132. The van der Waals surface area contributed by atoms with Gasteiger partial charge in [0.05, 0.1) is 12.3 Å². The Kier molecular flexibility index (Phi) is 2.93. The summed E-state index contributed by atoms with van der Waals surface area (Å²) in [6, 6.07) is -0.681. The van der Waals surface area contributed by atoms with Gasteiger partial charge in [-0.15, -0.1) is 0 Å². The van der Waals surface area contributed by atoms with Crippen LogP contribution in [0.2, 0.25) is 0 Å². The number of nitrogens with zero attached hydrogens (tertiary/aromatic N) is 3. The summed E-state index contributed by atoms with van der Waals surface area (Å²) in [4.78, 5) is 13.6. The van der Waals surface area contributed by atoms with Crippen molar-refractivity contribution in [2.24, 2.45) is 12.8 Å². The lowest BCUT2D eigenvalue weighted by atomic mass is 10.1. The van der Waals surface area contributed by atoms with Crippen LogP contribution >= 0.6 is 0 Å². The Labute approximate surface area is 93.6 Å². The van der Waals surface area contributed by atoms with E-state index in [-0.39, 0.29) is 5.91 Å². The van der Waals surface area contributed by atoms with Crippen LogP contribution in [0.25, 0.3) is 0 Å². The Bertz CT molecular complexity index is 390. The second-order valence-electron chi connectivity index (χ2n) is 4.15. The third-order valence-corrected chi connectivity index (χ3v) is 2.83. The number of hydrogen-bond donors (Lipinski definition) is 2. The first kappa shape index (κ1) is 11.1. The zero-order valence-corrected chi connectivity index (χ0v) is 9.21. The highest BCUT2D eigenvalue weighted by Gasteiger charge is 2.29. The summed E-state index contributed by atoms with van der Waals surface area (Å²) in [5.74, 6) is -0.149. The van der Waals surface area contributed by atoms with Gasteiger partial charge in [0.15, 0.2) is 0 Å². The van der Waals surface area contributed by atoms with Gasteiger partial charge in [0.1, 0.15) is 6.04 Å². The second kappa shape index (κ2) is 4.23. The predicted molar refractivity (Wildman–Crippen MR) is 57.3 cm³/mol. The molecule has 0 spiro atoms. The molecule has 0 aliphatic carbocycles. The number of amides is 1. The van der Waals surface area contributed by atoms with E-state index in [1.165, 1.54) is 0 Å². The summed E-state index contributed by atoms with van der Waals surface area (Å²) in [6.45, 7) is 0.959. The minimum atomic E-state index is -0.681. The molecule has 1 fully saturated rings. The molecule has 1 saturated heterocycles. The van der Waals surface area contributed by atoms with E-state index in [0.29, 0.717) is 25.1 Å². The molecule has 0 radical (unpaired) electrons. The molecule has 88 valence electrons. The number of rotatable bonds is 2. The van der Waals surface area contributed by atoms with Gasteiger partial charge >= 0.3 is 0 Å². The number of β-amino-alcohol motifs (C(OH)–C–C–N with tert-alkyl or cyclic N) is 1. The van der Waals surface area contributed by atoms with Crippen LogP contribution in [0.4, 0.5) is 0 Å². The molecule has 0 aromatic carbocycles. The molecule has 16 heavy (non-hydrogen) atoms. The van der Waals surface area contributed by atoms with Crippen LogP contribution < -0.4 is 5.73 Å². The average Bonchev–Trinajstić information content (AvgIpc) is 2.85. The smallest absolute Gasteiger partial charge is 0.244 e. The second-order valence-corrected chi connectivity index (χ2v) is 4.15. The third-order valence-electron chi connectivity index (χ3n) is 2.83. The van der Waals surface area contributed by atoms with E-state index >= 15 is 0 Å². The number of nitrogens with two attached hydrogens (primary N) is 1. The molecule has 2 heterocycles. The fourth-order valence-corrected chi connectivity index (χ4v) is 1.88. The van der Waals surface area contributed by atoms with Crippen molar-refractivity contribution in [3.63, 3.8) is 0 Å². The highest BCUT2D eigenvalue weighted by molar-refractivity contribution is 5.83. The van der Waals surface area contributed by atoms with E-state index in [1.807, 2.05) is 0 Å². The zero-order valence-electron chi connectivity index (χ0n) is 9.21. The van der Waals surface area contributed by atoms with Crippen molar-refractivity contribution in [2.75, 3.05) is 13.1 Å². The van der Waals surface area contributed by atoms with Crippen molar-refractivity contribution in [1.82, 2.24) is 14.7 Å². The van der Waals surface area contributed by atoms with E-state index in [4.69, 9.17) is 5.73 Å². The van der Waals surface area contributed by atoms with Crippen LogP contribution in [0.15, 0.2) is 12.4 Å². The maximum atomic E-state index is 12.0. The zero-order chi connectivity index (χ0) is 11.7. The summed E-state index contributed by atoms with van der Waals surface area (Å²) < 4.78 is 1.61. The standard InChI is InChI=1S/C10H16N4O2/c1-13-5-7(4-12-13)9(11)10(16)14-3-2-8(15)6-14/h4-5,8-9,15H,2-3,6,11H2,1H3/t8-,9?/m1/s1. The molecule has 1 aliphatic heterocycles. The van der Waals surface area contributed by atoms with E-state index in [0.717, 1.165) is 0 Å². The quantitative estimate of drug-likeness (QED) is 0.675. The van der Waals surface area contributed by atoms with Gasteiger partial charge in [-0.3, -0.25) is 9.48 Å². The third kappa shape index (κ3) is 2.07. The van der Waals surface area contributed by atoms with Crippen LogP contribution in [0.5, 0.6) is 0 Å². The van der Waals surface area contributed by atoms with Crippen molar-refractivity contribution in [3.05, 3.63) is 18.0 Å². The summed E-state index contributed by atoms with van der Waals surface area (Å²) >= 11 is 0. The van der Waals surface area contributed by atoms with Gasteiger partial charge in [0.25, 0.3) is 0 Å². The van der Waals surface area contributed by atoms with Crippen molar-refractivity contribution in [3.8, 4) is 0 Å².